The van der Waals surface area contributed by atoms with Gasteiger partial charge in [-0.2, -0.15) is 18.4 Å². The van der Waals surface area contributed by atoms with Crippen LogP contribution in [0.5, 0.6) is 5.75 Å². The second kappa shape index (κ2) is 23.0. The quantitative estimate of drug-likeness (QED) is 0.0494. The lowest BCUT2D eigenvalue weighted by atomic mass is 9.85. The van der Waals surface area contributed by atoms with Gasteiger partial charge in [0.05, 0.1) is 45.6 Å². The maximum absolute atomic E-state index is 15.3. The SMILES string of the molecule is Cc1ncsc1-c1ccc(CNC(=O)[C@@H]2C[C@@H](C)CN2C(=O)[C@@H](NC(=O)COCCCCOCCCOc2ccc(N3C(=S)N(c4ccc(C#N)c(C(F)(F)F)c4)C(=O)C3(C)C)cc2F)C(C)(C)C)cc1. The molecule has 2 fully saturated rings. The monoisotopic (exact) mass is 1020 g/mol. The van der Waals surface area contributed by atoms with Gasteiger partial charge in [0.25, 0.3) is 5.91 Å². The zero-order valence-electron chi connectivity index (χ0n) is 40.8. The molecule has 2 aliphatic rings. The van der Waals surface area contributed by atoms with Crippen molar-refractivity contribution in [3.05, 3.63) is 94.4 Å². The summed E-state index contributed by atoms with van der Waals surface area (Å²) >= 11 is 7.12. The van der Waals surface area contributed by atoms with Crippen molar-refractivity contribution in [3.8, 4) is 22.3 Å². The molecule has 1 aromatic heterocycles. The summed E-state index contributed by atoms with van der Waals surface area (Å²) < 4.78 is 73.4. The highest BCUT2D eigenvalue weighted by molar-refractivity contribution is 7.81. The van der Waals surface area contributed by atoms with Gasteiger partial charge in [0.1, 0.15) is 24.2 Å². The van der Waals surface area contributed by atoms with Crippen molar-refractivity contribution in [2.75, 3.05) is 49.4 Å². The van der Waals surface area contributed by atoms with Crippen molar-refractivity contribution in [3.63, 3.8) is 0 Å². The minimum atomic E-state index is -4.85. The number of nitriles is 1. The number of nitrogens with one attached hydrogen (secondary N) is 2. The van der Waals surface area contributed by atoms with E-state index in [0.29, 0.717) is 58.1 Å². The molecule has 3 atom stereocenters. The molecule has 2 saturated heterocycles. The van der Waals surface area contributed by atoms with Gasteiger partial charge < -0.3 is 34.6 Å². The second-order valence-corrected chi connectivity index (χ2v) is 20.5. The number of hydrogen-bond donors (Lipinski definition) is 2. The number of carbonyl (C=O) groups is 4. The van der Waals surface area contributed by atoms with E-state index in [1.54, 1.807) is 16.2 Å². The molecule has 71 heavy (non-hydrogen) atoms. The molecule has 0 spiro atoms. The Morgan fingerprint density at radius 3 is 2.28 bits per heavy atom. The molecule has 0 radical (unpaired) electrons. The Hall–Kier alpha value is -6.01. The maximum Gasteiger partial charge on any atom is 0.417 e. The third-order valence-corrected chi connectivity index (χ3v) is 13.6. The topological polar surface area (TPSA) is 166 Å². The number of carbonyl (C=O) groups excluding carboxylic acids is 4. The van der Waals surface area contributed by atoms with Gasteiger partial charge in [0, 0.05) is 51.1 Å². The van der Waals surface area contributed by atoms with Gasteiger partial charge in [-0.15, -0.1) is 11.3 Å². The van der Waals surface area contributed by atoms with Crippen LogP contribution in [-0.2, 0) is 41.4 Å². The number of unbranched alkanes of at least 4 members (excludes halogenated alkanes) is 1. The highest BCUT2D eigenvalue weighted by Crippen LogP contribution is 2.40. The number of benzene rings is 3. The number of likely N-dealkylation sites (tertiary alicyclic amines) is 1. The van der Waals surface area contributed by atoms with Crippen LogP contribution in [0.15, 0.2) is 66.2 Å². The van der Waals surface area contributed by atoms with Gasteiger partial charge in [0.15, 0.2) is 16.7 Å². The van der Waals surface area contributed by atoms with Crippen molar-refractivity contribution in [1.82, 2.24) is 20.5 Å². The normalized spacial score (nSPS) is 17.4. The van der Waals surface area contributed by atoms with E-state index >= 15 is 4.39 Å². The molecule has 0 aliphatic carbocycles. The van der Waals surface area contributed by atoms with Crippen LogP contribution in [0.2, 0.25) is 0 Å². The first-order chi connectivity index (χ1) is 33.5. The largest absolute Gasteiger partial charge is 0.490 e. The molecule has 20 heteroatoms. The molecule has 0 bridgehead atoms. The molecule has 4 aromatic rings. The summed E-state index contributed by atoms with van der Waals surface area (Å²) in [5.41, 5.74) is 0.915. The van der Waals surface area contributed by atoms with Gasteiger partial charge >= 0.3 is 6.18 Å². The van der Waals surface area contributed by atoms with Crippen LogP contribution in [0.4, 0.5) is 28.9 Å². The number of rotatable bonds is 20. The van der Waals surface area contributed by atoms with E-state index in [1.165, 1.54) is 43.0 Å². The number of nitrogens with zero attached hydrogens (tertiary/aromatic N) is 5. The van der Waals surface area contributed by atoms with Crippen LogP contribution in [0, 0.1) is 35.4 Å². The minimum absolute atomic E-state index is 0.0597. The number of aromatic nitrogens is 1. The molecule has 14 nitrogen and oxygen atoms in total. The molecule has 0 saturated carbocycles. The Kier molecular flexibility index (Phi) is 17.6. The van der Waals surface area contributed by atoms with Crippen LogP contribution in [-0.4, -0.2) is 95.8 Å². The molecular formula is C51H59F4N7O7S2. The molecule has 380 valence electrons. The number of anilines is 2. The Morgan fingerprint density at radius 1 is 0.972 bits per heavy atom. The van der Waals surface area contributed by atoms with E-state index in [4.69, 9.17) is 26.4 Å². The number of aryl methyl sites for hydroxylation is 1. The van der Waals surface area contributed by atoms with E-state index in [2.05, 4.69) is 15.6 Å². The van der Waals surface area contributed by atoms with Gasteiger partial charge in [-0.3, -0.25) is 24.1 Å². The first kappa shape index (κ1) is 54.3. The second-order valence-electron chi connectivity index (χ2n) is 19.2. The van der Waals surface area contributed by atoms with Crippen LogP contribution in [0.1, 0.15) is 89.6 Å². The van der Waals surface area contributed by atoms with Crippen molar-refractivity contribution in [1.29, 1.82) is 5.26 Å². The summed E-state index contributed by atoms with van der Waals surface area (Å²) in [5.74, 6) is -2.35. The highest BCUT2D eigenvalue weighted by Gasteiger charge is 2.51. The predicted octanol–water partition coefficient (Wildman–Crippen LogP) is 8.73. The van der Waals surface area contributed by atoms with Gasteiger partial charge in [-0.05, 0) is 105 Å². The zero-order chi connectivity index (χ0) is 51.8. The molecule has 6 rings (SSSR count). The van der Waals surface area contributed by atoms with Crippen LogP contribution < -0.4 is 25.2 Å². The molecule has 3 aromatic carbocycles. The maximum atomic E-state index is 15.3. The molecule has 2 N–H and O–H groups in total. The smallest absolute Gasteiger partial charge is 0.417 e. The number of halogens is 4. The van der Waals surface area contributed by atoms with Crippen LogP contribution in [0.25, 0.3) is 10.4 Å². The molecule has 4 amide bonds. The fourth-order valence-electron chi connectivity index (χ4n) is 8.44. The first-order valence-electron chi connectivity index (χ1n) is 23.3. The third-order valence-electron chi connectivity index (χ3n) is 12.2. The fraction of sp³-hybridized carbons (Fsp3) is 0.471. The lowest BCUT2D eigenvalue weighted by molar-refractivity contribution is -0.144. The van der Waals surface area contributed by atoms with Gasteiger partial charge in [0.2, 0.25) is 17.7 Å². The Balaban J connectivity index is 0.879. The summed E-state index contributed by atoms with van der Waals surface area (Å²) in [5, 5.41) is 14.9. The van der Waals surface area contributed by atoms with Crippen molar-refractivity contribution in [2.45, 2.75) is 104 Å². The predicted molar refractivity (Wildman–Crippen MR) is 265 cm³/mol. The first-order valence-corrected chi connectivity index (χ1v) is 24.6. The molecule has 0 unspecified atom stereocenters. The summed E-state index contributed by atoms with van der Waals surface area (Å²) in [6.07, 6.45) is -2.66. The Bertz CT molecular complexity index is 2630. The lowest BCUT2D eigenvalue weighted by Gasteiger charge is -2.35. The van der Waals surface area contributed by atoms with Crippen LogP contribution >= 0.6 is 23.6 Å². The van der Waals surface area contributed by atoms with Crippen LogP contribution in [0.3, 0.4) is 0 Å². The lowest BCUT2D eigenvalue weighted by Crippen LogP contribution is -2.58. The van der Waals surface area contributed by atoms with Gasteiger partial charge in [-0.25, -0.2) is 9.37 Å². The van der Waals surface area contributed by atoms with E-state index in [1.807, 2.05) is 64.4 Å². The average molecular weight is 1020 g/mol. The van der Waals surface area contributed by atoms with E-state index in [9.17, 15) is 37.6 Å². The minimum Gasteiger partial charge on any atom is -0.490 e. The van der Waals surface area contributed by atoms with Crippen molar-refractivity contribution in [2.24, 2.45) is 11.3 Å². The third kappa shape index (κ3) is 13.1. The molecular weight excluding hydrogens is 963 g/mol. The number of amides is 4. The standard InChI is InChI=1S/C51H59F4N7O7S2/c1-31-23-40(45(64)57-27-33-11-13-34(14-12-33)43-32(2)58-30-71-43)60(28-31)46(65)44(49(3,4)5)59-42(63)29-68-20-9-8-19-67-21-10-22-69-41-18-17-37(25-39(41)52)62-48(70)61(47(66)50(62,6)7)36-16-15-35(26-56)38(24-36)51(53,54)55/h11-18,24-25,30-31,40,44H,8-10,19-23,27-29H2,1-7H3,(H,57,64)(H,59,63)/t31-,40+,44-/m1/s1. The Morgan fingerprint density at radius 2 is 1.65 bits per heavy atom. The van der Waals surface area contributed by atoms with E-state index in [0.717, 1.165) is 38.7 Å². The summed E-state index contributed by atoms with van der Waals surface area (Å²) in [6.45, 7) is 14.2. The number of hydrogen-bond acceptors (Lipinski definition) is 11. The number of thiazole rings is 1. The van der Waals surface area contributed by atoms with E-state index < -0.39 is 58.0 Å². The zero-order valence-corrected chi connectivity index (χ0v) is 42.4. The number of ether oxygens (including phenoxy) is 3. The van der Waals surface area contributed by atoms with E-state index in [-0.39, 0.29) is 59.8 Å². The fourth-order valence-corrected chi connectivity index (χ4v) is 9.77. The summed E-state index contributed by atoms with van der Waals surface area (Å²) in [7, 11) is 0. The van der Waals surface area contributed by atoms with Crippen molar-refractivity contribution >= 4 is 63.7 Å². The average Bonchev–Trinajstić information content (AvgIpc) is 3.98. The summed E-state index contributed by atoms with van der Waals surface area (Å²) in [6, 6.07) is 14.8. The number of thiocarbonyl (C=S) groups is 1. The molecule has 2 aliphatic heterocycles. The summed E-state index contributed by atoms with van der Waals surface area (Å²) in [4.78, 5) is 63.5. The highest BCUT2D eigenvalue weighted by atomic mass is 32.1. The number of alkyl halides is 3. The molecule has 3 heterocycles. The van der Waals surface area contributed by atoms with Gasteiger partial charge in [-0.1, -0.05) is 52.0 Å². The van der Waals surface area contributed by atoms with Crippen molar-refractivity contribution < 1.29 is 51.0 Å². The Labute approximate surface area is 420 Å².